The van der Waals surface area contributed by atoms with Crippen LogP contribution in [0.3, 0.4) is 0 Å². The van der Waals surface area contributed by atoms with Crippen molar-refractivity contribution in [3.8, 4) is 0 Å². The molecule has 0 radical (unpaired) electrons. The van der Waals surface area contributed by atoms with E-state index < -0.39 is 48.3 Å². The van der Waals surface area contributed by atoms with E-state index in [1.165, 1.54) is 19.2 Å². The third-order valence-corrected chi connectivity index (χ3v) is 4.40. The van der Waals surface area contributed by atoms with Crippen LogP contribution in [-0.4, -0.2) is 51.6 Å². The van der Waals surface area contributed by atoms with E-state index in [2.05, 4.69) is 10.7 Å². The smallest absolute Gasteiger partial charge is 0.452 e. The molecule has 0 aliphatic carbocycles. The minimum absolute atomic E-state index is 0.0579. The van der Waals surface area contributed by atoms with Gasteiger partial charge in [0, 0.05) is 12.0 Å². The molecular formula is C15H26N4O6+2. The summed E-state index contributed by atoms with van der Waals surface area (Å²) >= 11 is 0. The minimum atomic E-state index is -1.76. The van der Waals surface area contributed by atoms with Gasteiger partial charge in [-0.2, -0.15) is 14.3 Å². The Morgan fingerprint density at radius 1 is 1.60 bits per heavy atom. The summed E-state index contributed by atoms with van der Waals surface area (Å²) in [6.07, 6.45) is -1.98. The highest BCUT2D eigenvalue weighted by Gasteiger charge is 2.59. The van der Waals surface area contributed by atoms with Crippen molar-refractivity contribution < 1.29 is 34.8 Å². The molecule has 2 rings (SSSR count). The maximum Gasteiger partial charge on any atom is 0.499 e. The summed E-state index contributed by atoms with van der Waals surface area (Å²) in [5.41, 5.74) is 6.90. The van der Waals surface area contributed by atoms with E-state index in [1.807, 2.05) is 13.8 Å². The summed E-state index contributed by atoms with van der Waals surface area (Å²) in [6, 6.07) is 0.792. The molecule has 10 nitrogen and oxygen atoms in total. The van der Waals surface area contributed by atoms with Gasteiger partial charge in [-0.15, -0.1) is 0 Å². The standard InChI is InChI=1S/C15H24N4O6/c1-7(2)10(17)12(21)25-11-8(6-20)24-13(15(11,3)23)19-5-4-9(16)18-14(19)22/h4-5,7-8,10-11,13,20,23H,6,17H2,1-3H3,(H2,16,18,22)/p+2/t8-,10?,11?,13-,15+/m1/s1. The number of quaternary nitrogens is 1. The van der Waals surface area contributed by atoms with Gasteiger partial charge in [-0.1, -0.05) is 13.8 Å². The number of esters is 1. The number of carbonyl (C=O) groups excluding carboxylic acids is 1. The molecule has 1 aromatic rings. The predicted molar refractivity (Wildman–Crippen MR) is 84.7 cm³/mol. The average molecular weight is 358 g/mol. The molecule has 10 heteroatoms. The monoisotopic (exact) mass is 358 g/mol. The maximum absolute atomic E-state index is 12.2. The molecule has 140 valence electrons. The van der Waals surface area contributed by atoms with E-state index in [-0.39, 0.29) is 11.7 Å². The molecule has 0 aromatic carbocycles. The highest BCUT2D eigenvalue weighted by atomic mass is 16.6. The van der Waals surface area contributed by atoms with Crippen LogP contribution in [0.25, 0.3) is 0 Å². The molecule has 1 aliphatic heterocycles. The number of nitrogens with one attached hydrogen (secondary N) is 1. The van der Waals surface area contributed by atoms with E-state index in [0.717, 1.165) is 4.57 Å². The fourth-order valence-electron chi connectivity index (χ4n) is 2.70. The van der Waals surface area contributed by atoms with E-state index in [4.69, 9.17) is 15.2 Å². The normalized spacial score (nSPS) is 30.4. The molecule has 1 aromatic heterocycles. The second-order valence-electron chi connectivity index (χ2n) is 6.75. The van der Waals surface area contributed by atoms with Gasteiger partial charge in [0.1, 0.15) is 12.3 Å². The van der Waals surface area contributed by atoms with Crippen LogP contribution in [0.4, 0.5) is 5.82 Å². The van der Waals surface area contributed by atoms with Gasteiger partial charge in [0.15, 0.2) is 23.6 Å². The molecule has 25 heavy (non-hydrogen) atoms. The summed E-state index contributed by atoms with van der Waals surface area (Å²) < 4.78 is 12.1. The largest absolute Gasteiger partial charge is 0.499 e. The lowest BCUT2D eigenvalue weighted by Crippen LogP contribution is -2.69. The second-order valence-corrected chi connectivity index (χ2v) is 6.75. The van der Waals surface area contributed by atoms with Gasteiger partial charge in [0.05, 0.1) is 6.61 Å². The van der Waals surface area contributed by atoms with E-state index in [0.29, 0.717) is 0 Å². The zero-order chi connectivity index (χ0) is 18.9. The van der Waals surface area contributed by atoms with Crippen molar-refractivity contribution in [2.24, 2.45) is 5.92 Å². The Morgan fingerprint density at radius 2 is 2.24 bits per heavy atom. The quantitative estimate of drug-likeness (QED) is 0.277. The van der Waals surface area contributed by atoms with Crippen LogP contribution >= 0.6 is 0 Å². The van der Waals surface area contributed by atoms with Crippen molar-refractivity contribution >= 4 is 11.8 Å². The number of anilines is 1. The first-order valence-corrected chi connectivity index (χ1v) is 8.01. The molecule has 1 saturated heterocycles. The van der Waals surface area contributed by atoms with Crippen LogP contribution in [0.5, 0.6) is 0 Å². The highest BCUT2D eigenvalue weighted by molar-refractivity contribution is 5.74. The number of nitrogen functional groups attached to an aromatic ring is 1. The van der Waals surface area contributed by atoms with Crippen LogP contribution in [0.2, 0.25) is 0 Å². The van der Waals surface area contributed by atoms with Crippen molar-refractivity contribution in [3.05, 3.63) is 22.7 Å². The zero-order valence-electron chi connectivity index (χ0n) is 14.5. The Hall–Kier alpha value is -2.01. The molecule has 1 fully saturated rings. The van der Waals surface area contributed by atoms with Gasteiger partial charge in [-0.3, -0.25) is 0 Å². The molecule has 5 atom stereocenters. The number of hydrogen-bond acceptors (Lipinski definition) is 7. The number of ether oxygens (including phenoxy) is 2. The second kappa shape index (κ2) is 7.08. The van der Waals surface area contributed by atoms with Crippen LogP contribution in [0.1, 0.15) is 27.0 Å². The Balaban J connectivity index is 2.32. The third kappa shape index (κ3) is 3.66. The number of aromatic amines is 1. The summed E-state index contributed by atoms with van der Waals surface area (Å²) in [6.45, 7) is 4.51. The van der Waals surface area contributed by atoms with Gasteiger partial charge >= 0.3 is 11.7 Å². The average Bonchev–Trinajstić information content (AvgIpc) is 2.77. The third-order valence-electron chi connectivity index (χ3n) is 4.40. The molecule has 2 heterocycles. The highest BCUT2D eigenvalue weighted by Crippen LogP contribution is 2.36. The lowest BCUT2D eigenvalue weighted by Gasteiger charge is -2.28. The summed E-state index contributed by atoms with van der Waals surface area (Å²) in [5.74, 6) is -0.519. The zero-order valence-corrected chi connectivity index (χ0v) is 14.5. The first-order valence-electron chi connectivity index (χ1n) is 8.01. The van der Waals surface area contributed by atoms with Crippen molar-refractivity contribution in [1.29, 1.82) is 0 Å². The number of H-pyrrole nitrogens is 1. The lowest BCUT2D eigenvalue weighted by molar-refractivity contribution is -0.786. The molecular weight excluding hydrogens is 332 g/mol. The molecule has 2 unspecified atom stereocenters. The van der Waals surface area contributed by atoms with Crippen LogP contribution < -0.4 is 21.7 Å². The first-order chi connectivity index (χ1) is 11.6. The minimum Gasteiger partial charge on any atom is -0.452 e. The van der Waals surface area contributed by atoms with E-state index in [1.54, 1.807) is 0 Å². The summed E-state index contributed by atoms with van der Waals surface area (Å²) in [5, 5.41) is 20.4. The topological polar surface area (TPSA) is 166 Å². The van der Waals surface area contributed by atoms with Crippen molar-refractivity contribution in [2.75, 3.05) is 12.3 Å². The Morgan fingerprint density at radius 3 is 2.76 bits per heavy atom. The number of aliphatic hydroxyl groups is 2. The molecule has 0 bridgehead atoms. The number of nitrogens with two attached hydrogens (primary N) is 1. The van der Waals surface area contributed by atoms with Crippen LogP contribution in [0.15, 0.2) is 17.1 Å². The molecule has 0 amide bonds. The molecule has 8 N–H and O–H groups in total. The molecule has 1 aliphatic rings. The fourth-order valence-corrected chi connectivity index (χ4v) is 2.70. The van der Waals surface area contributed by atoms with Crippen molar-refractivity contribution in [1.82, 2.24) is 4.98 Å². The Kier molecular flexibility index (Phi) is 5.47. The number of aromatic nitrogens is 2. The molecule has 0 saturated carbocycles. The SMILES string of the molecule is CC(C)C([NH3+])C(=O)OC1[C@@H](CO)O[C@@H]([n+]2ccc(N)[nH]c2=O)[C@@]1(C)O. The van der Waals surface area contributed by atoms with Gasteiger partial charge in [-0.05, 0) is 6.92 Å². The van der Waals surface area contributed by atoms with Crippen molar-refractivity contribution in [2.45, 2.75) is 50.8 Å². The number of hydrogen-bond donors (Lipinski definition) is 5. The van der Waals surface area contributed by atoms with Crippen molar-refractivity contribution in [3.63, 3.8) is 0 Å². The fraction of sp³-hybridized carbons (Fsp3) is 0.667. The summed E-state index contributed by atoms with van der Waals surface area (Å²) in [4.78, 5) is 26.7. The summed E-state index contributed by atoms with van der Waals surface area (Å²) in [7, 11) is 0. The van der Waals surface area contributed by atoms with Crippen LogP contribution in [0, 0.1) is 5.92 Å². The number of aliphatic hydroxyl groups excluding tert-OH is 1. The first kappa shape index (κ1) is 19.3. The van der Waals surface area contributed by atoms with Gasteiger partial charge in [-0.25, -0.2) is 4.79 Å². The predicted octanol–water partition coefficient (Wildman–Crippen LogP) is -2.94. The Labute approximate surface area is 144 Å². The van der Waals surface area contributed by atoms with E-state index >= 15 is 0 Å². The number of carbonyl (C=O) groups is 1. The maximum atomic E-state index is 12.2. The Bertz CT molecular complexity index is 689. The number of nitrogens with zero attached hydrogens (tertiary/aromatic N) is 1. The van der Waals surface area contributed by atoms with E-state index in [9.17, 15) is 19.8 Å². The number of rotatable bonds is 5. The van der Waals surface area contributed by atoms with Crippen LogP contribution in [-0.2, 0) is 14.3 Å². The van der Waals surface area contributed by atoms with Gasteiger partial charge < -0.3 is 31.2 Å². The molecule has 0 spiro atoms. The van der Waals surface area contributed by atoms with Gasteiger partial charge in [0.2, 0.25) is 6.23 Å². The van der Waals surface area contributed by atoms with Gasteiger partial charge in [0.25, 0.3) is 0 Å². The lowest BCUT2D eigenvalue weighted by atomic mass is 9.95.